The number of aromatic amines is 1. The van der Waals surface area contributed by atoms with Gasteiger partial charge in [0.15, 0.2) is 0 Å². The van der Waals surface area contributed by atoms with Gasteiger partial charge in [-0.05, 0) is 25.5 Å². The van der Waals surface area contributed by atoms with E-state index in [-0.39, 0.29) is 29.9 Å². The maximum absolute atomic E-state index is 12.1. The third-order valence-corrected chi connectivity index (χ3v) is 2.94. The third kappa shape index (κ3) is 2.93. The molecule has 0 bridgehead atoms. The first-order chi connectivity index (χ1) is 9.49. The lowest BCUT2D eigenvalue weighted by Gasteiger charge is -2.11. The number of carbonyl (C=O) groups is 2. The van der Waals surface area contributed by atoms with Gasteiger partial charge in [0.1, 0.15) is 11.5 Å². The molecule has 104 valence electrons. The molecule has 1 aromatic carbocycles. The van der Waals surface area contributed by atoms with Gasteiger partial charge in [-0.25, -0.2) is 0 Å². The van der Waals surface area contributed by atoms with E-state index in [1.165, 1.54) is 13.8 Å². The topological polar surface area (TPSA) is 76.2 Å². The molecular weight excluding hydrogens is 258 g/mol. The Kier molecular flexibility index (Phi) is 3.98. The molecule has 2 aromatic rings. The maximum Gasteiger partial charge on any atom is 0.308 e. The van der Waals surface area contributed by atoms with Crippen molar-refractivity contribution in [2.45, 2.75) is 26.7 Å². The van der Waals surface area contributed by atoms with Gasteiger partial charge in [0.2, 0.25) is 0 Å². The Balaban J connectivity index is 2.63. The summed E-state index contributed by atoms with van der Waals surface area (Å²) < 4.78 is 5.20. The van der Waals surface area contributed by atoms with Crippen LogP contribution in [0.3, 0.4) is 0 Å². The van der Waals surface area contributed by atoms with Crippen molar-refractivity contribution in [3.05, 3.63) is 40.2 Å². The summed E-state index contributed by atoms with van der Waals surface area (Å²) in [5, 5.41) is 0.654. The zero-order valence-corrected chi connectivity index (χ0v) is 11.4. The molecular formula is C15H15NO4. The van der Waals surface area contributed by atoms with Gasteiger partial charge in [0.25, 0.3) is 5.56 Å². The third-order valence-electron chi connectivity index (χ3n) is 2.94. The number of rotatable bonds is 4. The van der Waals surface area contributed by atoms with Gasteiger partial charge in [0, 0.05) is 18.7 Å². The number of nitrogens with one attached hydrogen (secondary N) is 1. The predicted molar refractivity (Wildman–Crippen MR) is 74.9 cm³/mol. The molecule has 1 aromatic heterocycles. The van der Waals surface area contributed by atoms with E-state index in [1.54, 1.807) is 24.3 Å². The van der Waals surface area contributed by atoms with E-state index < -0.39 is 5.97 Å². The van der Waals surface area contributed by atoms with E-state index in [9.17, 15) is 14.4 Å². The van der Waals surface area contributed by atoms with Crippen LogP contribution in [0.25, 0.3) is 10.9 Å². The molecule has 0 saturated heterocycles. The highest BCUT2D eigenvalue weighted by atomic mass is 16.5. The minimum absolute atomic E-state index is 0.0219. The fourth-order valence-electron chi connectivity index (χ4n) is 2.04. The fraction of sp³-hybridized carbons (Fsp3) is 0.267. The molecule has 0 aliphatic carbocycles. The van der Waals surface area contributed by atoms with E-state index in [1.807, 2.05) is 0 Å². The van der Waals surface area contributed by atoms with Crippen molar-refractivity contribution >= 4 is 22.7 Å². The standard InChI is InChI=1S/C15H15NO4/c1-9(17)7-8-12-14(20-10(2)18)11-5-3-4-6-13(11)16-15(12)19/h3-6H,7-8H2,1-2H3,(H,16,19). The highest BCUT2D eigenvalue weighted by Crippen LogP contribution is 2.27. The Bertz CT molecular complexity index is 730. The summed E-state index contributed by atoms with van der Waals surface area (Å²) in [5.41, 5.74) is 0.593. The van der Waals surface area contributed by atoms with Gasteiger partial charge < -0.3 is 14.5 Å². The van der Waals surface area contributed by atoms with E-state index in [2.05, 4.69) is 4.98 Å². The van der Waals surface area contributed by atoms with Crippen LogP contribution in [0.15, 0.2) is 29.1 Å². The number of pyridine rings is 1. The second-order valence-corrected chi connectivity index (χ2v) is 4.60. The Morgan fingerprint density at radius 2 is 1.90 bits per heavy atom. The van der Waals surface area contributed by atoms with Crippen molar-refractivity contribution < 1.29 is 14.3 Å². The van der Waals surface area contributed by atoms with Crippen molar-refractivity contribution in [3.63, 3.8) is 0 Å². The van der Waals surface area contributed by atoms with Crippen LogP contribution in [0.2, 0.25) is 0 Å². The zero-order valence-electron chi connectivity index (χ0n) is 11.4. The van der Waals surface area contributed by atoms with Crippen molar-refractivity contribution in [1.82, 2.24) is 4.98 Å². The molecule has 0 aliphatic rings. The Labute approximate surface area is 115 Å². The summed E-state index contributed by atoms with van der Waals surface area (Å²) in [6.45, 7) is 2.74. The number of para-hydroxylation sites is 1. The average Bonchev–Trinajstić information content (AvgIpc) is 2.37. The van der Waals surface area contributed by atoms with Crippen LogP contribution in [0.1, 0.15) is 25.8 Å². The molecule has 0 unspecified atom stereocenters. The lowest BCUT2D eigenvalue weighted by molar-refractivity contribution is -0.131. The maximum atomic E-state index is 12.1. The number of ketones is 1. The van der Waals surface area contributed by atoms with E-state index >= 15 is 0 Å². The van der Waals surface area contributed by atoms with Gasteiger partial charge in [-0.2, -0.15) is 0 Å². The van der Waals surface area contributed by atoms with E-state index in [0.717, 1.165) is 0 Å². The zero-order chi connectivity index (χ0) is 14.7. The summed E-state index contributed by atoms with van der Waals surface area (Å²) in [7, 11) is 0. The Morgan fingerprint density at radius 3 is 2.55 bits per heavy atom. The highest BCUT2D eigenvalue weighted by Gasteiger charge is 2.16. The second kappa shape index (κ2) is 5.69. The average molecular weight is 273 g/mol. The lowest BCUT2D eigenvalue weighted by atomic mass is 10.1. The number of Topliss-reactive ketones (excluding diaryl/α,β-unsaturated/α-hetero) is 1. The van der Waals surface area contributed by atoms with Crippen molar-refractivity contribution in [2.24, 2.45) is 0 Å². The number of hydrogen-bond donors (Lipinski definition) is 1. The molecule has 5 heteroatoms. The van der Waals surface area contributed by atoms with Crippen LogP contribution in [0.4, 0.5) is 0 Å². The van der Waals surface area contributed by atoms with Crippen molar-refractivity contribution in [2.75, 3.05) is 0 Å². The number of H-pyrrole nitrogens is 1. The van der Waals surface area contributed by atoms with Crippen molar-refractivity contribution in [1.29, 1.82) is 0 Å². The Hall–Kier alpha value is -2.43. The first-order valence-electron chi connectivity index (χ1n) is 6.31. The summed E-state index contributed by atoms with van der Waals surface area (Å²) in [6.07, 6.45) is 0.480. The molecule has 0 fully saturated rings. The van der Waals surface area contributed by atoms with Crippen LogP contribution >= 0.6 is 0 Å². The van der Waals surface area contributed by atoms with Gasteiger partial charge in [-0.15, -0.1) is 0 Å². The predicted octanol–water partition coefficient (Wildman–Crippen LogP) is 1.97. The fourth-order valence-corrected chi connectivity index (χ4v) is 2.04. The van der Waals surface area contributed by atoms with E-state index in [0.29, 0.717) is 16.5 Å². The molecule has 20 heavy (non-hydrogen) atoms. The van der Waals surface area contributed by atoms with Crippen LogP contribution in [-0.4, -0.2) is 16.7 Å². The summed E-state index contributed by atoms with van der Waals surface area (Å²) >= 11 is 0. The molecule has 0 spiro atoms. The number of carbonyl (C=O) groups excluding carboxylic acids is 2. The van der Waals surface area contributed by atoms with E-state index in [4.69, 9.17) is 4.74 Å². The second-order valence-electron chi connectivity index (χ2n) is 4.60. The van der Waals surface area contributed by atoms with Gasteiger partial charge in [-0.3, -0.25) is 9.59 Å². The van der Waals surface area contributed by atoms with Crippen LogP contribution in [0.5, 0.6) is 5.75 Å². The normalized spacial score (nSPS) is 10.5. The van der Waals surface area contributed by atoms with Crippen LogP contribution < -0.4 is 10.3 Å². The molecule has 2 rings (SSSR count). The minimum atomic E-state index is -0.496. The number of hydrogen-bond acceptors (Lipinski definition) is 4. The molecule has 0 radical (unpaired) electrons. The first-order valence-corrected chi connectivity index (χ1v) is 6.31. The van der Waals surface area contributed by atoms with Gasteiger partial charge in [0.05, 0.1) is 11.1 Å². The molecule has 0 aliphatic heterocycles. The summed E-state index contributed by atoms with van der Waals surface area (Å²) in [4.78, 5) is 37.2. The first kappa shape index (κ1) is 14.0. The SMILES string of the molecule is CC(=O)CCc1c(OC(C)=O)c2ccccc2[nH]c1=O. The highest BCUT2D eigenvalue weighted by molar-refractivity contribution is 5.88. The summed E-state index contributed by atoms with van der Waals surface area (Å²) in [6, 6.07) is 7.08. The number of fused-ring (bicyclic) bond motifs is 1. The number of esters is 1. The van der Waals surface area contributed by atoms with Gasteiger partial charge in [-0.1, -0.05) is 12.1 Å². The number of aromatic nitrogens is 1. The largest absolute Gasteiger partial charge is 0.425 e. The van der Waals surface area contributed by atoms with Crippen LogP contribution in [-0.2, 0) is 16.0 Å². The molecule has 0 saturated carbocycles. The number of ether oxygens (including phenoxy) is 1. The van der Waals surface area contributed by atoms with Gasteiger partial charge >= 0.3 is 5.97 Å². The minimum Gasteiger partial charge on any atom is -0.425 e. The smallest absolute Gasteiger partial charge is 0.308 e. The molecule has 0 atom stereocenters. The molecule has 0 amide bonds. The quantitative estimate of drug-likeness (QED) is 0.864. The molecule has 5 nitrogen and oxygen atoms in total. The Morgan fingerprint density at radius 1 is 1.20 bits per heavy atom. The number of benzene rings is 1. The van der Waals surface area contributed by atoms with Crippen molar-refractivity contribution in [3.8, 4) is 5.75 Å². The molecule has 1 N–H and O–H groups in total. The summed E-state index contributed by atoms with van der Waals surface area (Å²) in [5.74, 6) is -0.269. The van der Waals surface area contributed by atoms with Crippen LogP contribution in [0, 0.1) is 0 Å². The lowest BCUT2D eigenvalue weighted by Crippen LogP contribution is -2.17. The molecule has 1 heterocycles. The monoisotopic (exact) mass is 273 g/mol.